The van der Waals surface area contributed by atoms with Gasteiger partial charge in [0.05, 0.1) is 0 Å². The molecular formula is C13H23N3O6. The molecule has 126 valence electrons. The van der Waals surface area contributed by atoms with Crippen molar-refractivity contribution in [3.05, 3.63) is 0 Å². The van der Waals surface area contributed by atoms with Crippen LogP contribution in [-0.2, 0) is 19.2 Å². The molecule has 2 amide bonds. The lowest BCUT2D eigenvalue weighted by Gasteiger charge is -2.20. The van der Waals surface area contributed by atoms with Crippen LogP contribution >= 0.6 is 0 Å². The van der Waals surface area contributed by atoms with Crippen LogP contribution in [0.2, 0.25) is 0 Å². The van der Waals surface area contributed by atoms with Gasteiger partial charge in [0.2, 0.25) is 11.8 Å². The summed E-state index contributed by atoms with van der Waals surface area (Å²) in [7, 11) is 0. The summed E-state index contributed by atoms with van der Waals surface area (Å²) in [5.41, 5.74) is 5.29. The van der Waals surface area contributed by atoms with E-state index in [-0.39, 0.29) is 18.8 Å². The monoisotopic (exact) mass is 317 g/mol. The minimum atomic E-state index is -1.20. The average molecular weight is 317 g/mol. The van der Waals surface area contributed by atoms with E-state index in [9.17, 15) is 19.2 Å². The minimum absolute atomic E-state index is 0.0493. The standard InChI is InChI=1S/C13H23N3O6/c1-7(2)5-9(12(20)15-6-11(18)19)16-10(17)4-3-8(14)13(21)22/h7-9H,3-6,14H2,1-2H3,(H,15,20)(H,16,17)(H,18,19)(H,21,22)/t8-,9-/m0/s1. The van der Waals surface area contributed by atoms with Gasteiger partial charge in [0.25, 0.3) is 0 Å². The fourth-order valence-electron chi connectivity index (χ4n) is 1.67. The molecule has 0 spiro atoms. The summed E-state index contributed by atoms with van der Waals surface area (Å²) in [6, 6.07) is -2.01. The molecule has 0 unspecified atom stereocenters. The molecule has 2 atom stereocenters. The van der Waals surface area contributed by atoms with Gasteiger partial charge in [-0.15, -0.1) is 0 Å². The number of hydrogen-bond donors (Lipinski definition) is 5. The molecule has 0 aromatic heterocycles. The highest BCUT2D eigenvalue weighted by Gasteiger charge is 2.23. The molecule has 0 aliphatic rings. The normalized spacial score (nSPS) is 13.3. The lowest BCUT2D eigenvalue weighted by molar-refractivity contribution is -0.139. The summed E-state index contributed by atoms with van der Waals surface area (Å²) in [5, 5.41) is 21.8. The Hall–Kier alpha value is -2.16. The van der Waals surface area contributed by atoms with Gasteiger partial charge in [0.15, 0.2) is 0 Å². The van der Waals surface area contributed by atoms with E-state index in [1.807, 2.05) is 13.8 Å². The first-order valence-corrected chi connectivity index (χ1v) is 6.90. The third-order valence-corrected chi connectivity index (χ3v) is 2.77. The van der Waals surface area contributed by atoms with Crippen LogP contribution in [0.1, 0.15) is 33.1 Å². The predicted molar refractivity (Wildman–Crippen MR) is 76.9 cm³/mol. The Morgan fingerprint density at radius 2 is 1.73 bits per heavy atom. The number of carboxylic acid groups (broad SMARTS) is 2. The van der Waals surface area contributed by atoms with Gasteiger partial charge >= 0.3 is 11.9 Å². The zero-order valence-corrected chi connectivity index (χ0v) is 12.7. The molecule has 0 fully saturated rings. The second-order valence-corrected chi connectivity index (χ2v) is 5.34. The van der Waals surface area contributed by atoms with Gasteiger partial charge in [-0.05, 0) is 18.8 Å². The van der Waals surface area contributed by atoms with Crippen molar-refractivity contribution in [2.24, 2.45) is 11.7 Å². The minimum Gasteiger partial charge on any atom is -0.480 e. The largest absolute Gasteiger partial charge is 0.480 e. The summed E-state index contributed by atoms with van der Waals surface area (Å²) in [6.45, 7) is 3.17. The quantitative estimate of drug-likeness (QED) is 0.342. The number of hydrogen-bond acceptors (Lipinski definition) is 5. The number of nitrogens with two attached hydrogens (primary N) is 1. The predicted octanol–water partition coefficient (Wildman–Crippen LogP) is -1.09. The van der Waals surface area contributed by atoms with Gasteiger partial charge < -0.3 is 26.6 Å². The maximum absolute atomic E-state index is 11.9. The number of carboxylic acids is 2. The molecule has 9 nitrogen and oxygen atoms in total. The summed E-state index contributed by atoms with van der Waals surface area (Å²) in [6.07, 6.45) is 0.156. The third kappa shape index (κ3) is 8.90. The second kappa shape index (κ2) is 9.72. The Kier molecular flexibility index (Phi) is 8.76. The van der Waals surface area contributed by atoms with Crippen LogP contribution in [0.3, 0.4) is 0 Å². The number of rotatable bonds is 10. The molecule has 6 N–H and O–H groups in total. The van der Waals surface area contributed by atoms with Gasteiger partial charge in [-0.3, -0.25) is 19.2 Å². The molecule has 0 saturated heterocycles. The molecule has 9 heteroatoms. The van der Waals surface area contributed by atoms with Gasteiger partial charge in [-0.1, -0.05) is 13.8 Å². The Balaban J connectivity index is 4.50. The second-order valence-electron chi connectivity index (χ2n) is 5.34. The highest BCUT2D eigenvalue weighted by atomic mass is 16.4. The molecule has 0 aliphatic heterocycles. The van der Waals surface area contributed by atoms with Gasteiger partial charge in [-0.2, -0.15) is 0 Å². The molecule has 0 bridgehead atoms. The van der Waals surface area contributed by atoms with E-state index in [0.717, 1.165) is 0 Å². The summed E-state index contributed by atoms with van der Waals surface area (Å²) >= 11 is 0. The molecule has 0 rings (SSSR count). The van der Waals surface area contributed by atoms with Crippen molar-refractivity contribution < 1.29 is 29.4 Å². The summed E-state index contributed by atoms with van der Waals surface area (Å²) in [5.74, 6) is -3.39. The molecule has 22 heavy (non-hydrogen) atoms. The van der Waals surface area contributed by atoms with Gasteiger partial charge in [0.1, 0.15) is 18.6 Å². The van der Waals surface area contributed by atoms with Crippen LogP contribution in [0.25, 0.3) is 0 Å². The van der Waals surface area contributed by atoms with Crippen LogP contribution in [0.5, 0.6) is 0 Å². The SMILES string of the molecule is CC(C)C[C@H](NC(=O)CC[C@H](N)C(=O)O)C(=O)NCC(=O)O. The van der Waals surface area contributed by atoms with E-state index >= 15 is 0 Å². The Labute approximate surface area is 128 Å². The number of aliphatic carboxylic acids is 2. The van der Waals surface area contributed by atoms with Crippen molar-refractivity contribution in [1.82, 2.24) is 10.6 Å². The van der Waals surface area contributed by atoms with Gasteiger partial charge in [0, 0.05) is 6.42 Å². The first kappa shape index (κ1) is 19.8. The number of carbonyl (C=O) groups is 4. The zero-order valence-electron chi connectivity index (χ0n) is 12.7. The van der Waals surface area contributed by atoms with Crippen LogP contribution in [0.15, 0.2) is 0 Å². The highest BCUT2D eigenvalue weighted by molar-refractivity contribution is 5.89. The highest BCUT2D eigenvalue weighted by Crippen LogP contribution is 2.06. The van der Waals surface area contributed by atoms with E-state index in [1.165, 1.54) is 0 Å². The molecule has 0 saturated carbocycles. The van der Waals surface area contributed by atoms with E-state index in [4.69, 9.17) is 15.9 Å². The van der Waals surface area contributed by atoms with Crippen molar-refractivity contribution in [1.29, 1.82) is 0 Å². The fraction of sp³-hybridized carbons (Fsp3) is 0.692. The molecule has 0 aromatic carbocycles. The lowest BCUT2D eigenvalue weighted by Crippen LogP contribution is -2.48. The average Bonchev–Trinajstić information content (AvgIpc) is 2.40. The Bertz CT molecular complexity index is 424. The number of amides is 2. The van der Waals surface area contributed by atoms with E-state index in [2.05, 4.69) is 10.6 Å². The first-order chi connectivity index (χ1) is 10.1. The van der Waals surface area contributed by atoms with Gasteiger partial charge in [-0.25, -0.2) is 0 Å². The molecule has 0 radical (unpaired) electrons. The molecule has 0 heterocycles. The maximum atomic E-state index is 11.9. The van der Waals surface area contributed by atoms with Crippen LogP contribution in [0.4, 0.5) is 0 Å². The fourth-order valence-corrected chi connectivity index (χ4v) is 1.67. The summed E-state index contributed by atoms with van der Waals surface area (Å²) in [4.78, 5) is 44.6. The summed E-state index contributed by atoms with van der Waals surface area (Å²) < 4.78 is 0. The van der Waals surface area contributed by atoms with Crippen LogP contribution < -0.4 is 16.4 Å². The number of carbonyl (C=O) groups excluding carboxylic acids is 2. The van der Waals surface area contributed by atoms with Crippen molar-refractivity contribution in [3.63, 3.8) is 0 Å². The van der Waals surface area contributed by atoms with Crippen LogP contribution in [-0.4, -0.2) is 52.6 Å². The van der Waals surface area contributed by atoms with Crippen LogP contribution in [0, 0.1) is 5.92 Å². The maximum Gasteiger partial charge on any atom is 0.322 e. The molecule has 0 aromatic rings. The van der Waals surface area contributed by atoms with Crippen molar-refractivity contribution in [2.45, 2.75) is 45.2 Å². The smallest absolute Gasteiger partial charge is 0.322 e. The Morgan fingerprint density at radius 1 is 1.14 bits per heavy atom. The van der Waals surface area contributed by atoms with E-state index < -0.39 is 42.4 Å². The van der Waals surface area contributed by atoms with Crippen molar-refractivity contribution in [2.75, 3.05) is 6.54 Å². The third-order valence-electron chi connectivity index (χ3n) is 2.77. The molecule has 0 aliphatic carbocycles. The lowest BCUT2D eigenvalue weighted by atomic mass is 10.0. The van der Waals surface area contributed by atoms with Crippen molar-refractivity contribution in [3.8, 4) is 0 Å². The van der Waals surface area contributed by atoms with E-state index in [1.54, 1.807) is 0 Å². The molecular weight excluding hydrogens is 294 g/mol. The first-order valence-electron chi connectivity index (χ1n) is 6.90. The van der Waals surface area contributed by atoms with E-state index in [0.29, 0.717) is 6.42 Å². The number of nitrogens with one attached hydrogen (secondary N) is 2. The van der Waals surface area contributed by atoms with Crippen molar-refractivity contribution >= 4 is 23.8 Å². The Morgan fingerprint density at radius 3 is 2.18 bits per heavy atom. The topological polar surface area (TPSA) is 159 Å². The zero-order chi connectivity index (χ0) is 17.3.